The van der Waals surface area contributed by atoms with Crippen molar-refractivity contribution in [3.05, 3.63) is 112 Å². The number of rotatable bonds is 10. The molecule has 2 aliphatic rings. The van der Waals surface area contributed by atoms with Crippen molar-refractivity contribution in [1.82, 2.24) is 9.47 Å². The van der Waals surface area contributed by atoms with Crippen LogP contribution in [0, 0.1) is 5.92 Å². The van der Waals surface area contributed by atoms with Crippen molar-refractivity contribution >= 4 is 19.2 Å². The summed E-state index contributed by atoms with van der Waals surface area (Å²) in [6, 6.07) is 25.2. The molecule has 10 heteroatoms. The van der Waals surface area contributed by atoms with Crippen molar-refractivity contribution in [2.24, 2.45) is 5.92 Å². The molecule has 3 aromatic carbocycles. The maximum atomic E-state index is 14.5. The highest BCUT2D eigenvalue weighted by Crippen LogP contribution is 2.48. The van der Waals surface area contributed by atoms with Crippen LogP contribution in [-0.2, 0) is 22.5 Å². The Balaban J connectivity index is 1.39. The topological polar surface area (TPSA) is 99.5 Å². The second-order valence-electron chi connectivity index (χ2n) is 13.7. The summed E-state index contributed by atoms with van der Waals surface area (Å²) in [5.74, 6) is 1.59. The molecule has 9 nitrogen and oxygen atoms in total. The quantitative estimate of drug-likeness (QED) is 0.228. The minimum atomic E-state index is -2.45. The van der Waals surface area contributed by atoms with E-state index >= 15 is 0 Å². The fraction of sp³-hybridized carbons (Fsp3) is 0.385. The van der Waals surface area contributed by atoms with E-state index in [9.17, 15) is 14.7 Å². The zero-order valence-electron chi connectivity index (χ0n) is 29.1. The fourth-order valence-electron chi connectivity index (χ4n) is 7.71. The van der Waals surface area contributed by atoms with Gasteiger partial charge in [0.15, 0.2) is 5.75 Å². The van der Waals surface area contributed by atoms with Gasteiger partial charge in [0.2, 0.25) is 5.91 Å². The summed E-state index contributed by atoms with van der Waals surface area (Å²) in [6.45, 7) is 7.09. The van der Waals surface area contributed by atoms with Gasteiger partial charge in [-0.15, -0.1) is 0 Å². The molecule has 3 heterocycles. The summed E-state index contributed by atoms with van der Waals surface area (Å²) in [5, 5.41) is 11.6. The third-order valence-electron chi connectivity index (χ3n) is 10.7. The summed E-state index contributed by atoms with van der Waals surface area (Å²) in [5.41, 5.74) is 3.42. The molecular weight excluding hydrogens is 637 g/mol. The average molecular weight is 683 g/mol. The molecule has 2 aliphatic heterocycles. The maximum Gasteiger partial charge on any atom is 0.297 e. The van der Waals surface area contributed by atoms with Crippen molar-refractivity contribution in [1.29, 1.82) is 0 Å². The lowest BCUT2D eigenvalue weighted by Gasteiger charge is -2.46. The van der Waals surface area contributed by atoms with E-state index in [-0.39, 0.29) is 60.0 Å². The van der Waals surface area contributed by atoms with Gasteiger partial charge in [-0.25, -0.2) is 0 Å². The van der Waals surface area contributed by atoms with Crippen molar-refractivity contribution in [3.8, 4) is 22.9 Å². The summed E-state index contributed by atoms with van der Waals surface area (Å²) < 4.78 is 25.4. The number of ether oxygens (including phenoxy) is 4. The first-order chi connectivity index (χ1) is 23.6. The van der Waals surface area contributed by atoms with Gasteiger partial charge in [-0.1, -0.05) is 61.6 Å². The van der Waals surface area contributed by atoms with Gasteiger partial charge in [-0.3, -0.25) is 14.2 Å². The number of carbonyl (C=O) groups excluding carboxylic acids is 1. The molecule has 1 amide bonds. The number of carbonyl (C=O) groups is 1. The van der Waals surface area contributed by atoms with Gasteiger partial charge >= 0.3 is 0 Å². The summed E-state index contributed by atoms with van der Waals surface area (Å²) in [6.07, 6.45) is 1.91. The second-order valence-corrected chi connectivity index (χ2v) is 18.4. The maximum absolute atomic E-state index is 14.5. The van der Waals surface area contributed by atoms with Crippen LogP contribution in [0.25, 0.3) is 5.69 Å². The summed E-state index contributed by atoms with van der Waals surface area (Å²) in [7, 11) is 2.38. The van der Waals surface area contributed by atoms with E-state index in [0.29, 0.717) is 24.4 Å². The Labute approximate surface area is 289 Å². The molecular formula is C39H46N2O7Si. The highest BCUT2D eigenvalue weighted by atomic mass is 28.3. The van der Waals surface area contributed by atoms with Crippen LogP contribution in [0.5, 0.6) is 17.2 Å². The van der Waals surface area contributed by atoms with Crippen LogP contribution in [-0.4, -0.2) is 68.6 Å². The van der Waals surface area contributed by atoms with Gasteiger partial charge in [0.05, 0.1) is 41.0 Å². The minimum absolute atomic E-state index is 0.0101. The molecule has 4 aromatic rings. The molecule has 0 bridgehead atoms. The van der Waals surface area contributed by atoms with Crippen molar-refractivity contribution in [3.63, 3.8) is 0 Å². The molecule has 0 aliphatic carbocycles. The number of aliphatic hydroxyl groups is 1. The largest absolute Gasteiger partial charge is 0.497 e. The smallest absolute Gasteiger partial charge is 0.297 e. The number of hydrogen-bond acceptors (Lipinski definition) is 7. The molecule has 0 saturated heterocycles. The first-order valence-corrected chi connectivity index (χ1v) is 19.9. The molecule has 0 radical (unpaired) electrons. The number of hydrogen-bond donors (Lipinski definition) is 1. The number of pyridine rings is 1. The minimum Gasteiger partial charge on any atom is -0.497 e. The van der Waals surface area contributed by atoms with Gasteiger partial charge in [0.1, 0.15) is 17.6 Å². The number of methoxy groups -OCH3 is 3. The van der Waals surface area contributed by atoms with E-state index in [1.807, 2.05) is 47.4 Å². The first kappa shape index (κ1) is 34.5. The third kappa shape index (κ3) is 6.52. The molecule has 258 valence electrons. The highest BCUT2D eigenvalue weighted by molar-refractivity contribution is 6.91. The number of amides is 1. The Morgan fingerprint density at radius 1 is 0.980 bits per heavy atom. The van der Waals surface area contributed by atoms with E-state index in [4.69, 9.17) is 18.9 Å². The molecule has 0 spiro atoms. The lowest BCUT2D eigenvalue weighted by atomic mass is 9.86. The van der Waals surface area contributed by atoms with Crippen LogP contribution in [0.15, 0.2) is 89.9 Å². The zero-order chi connectivity index (χ0) is 34.9. The highest BCUT2D eigenvalue weighted by Gasteiger charge is 2.49. The first-order valence-electron chi connectivity index (χ1n) is 16.8. The van der Waals surface area contributed by atoms with E-state index in [0.717, 1.165) is 16.9 Å². The van der Waals surface area contributed by atoms with Crippen LogP contribution < -0.4 is 25.0 Å². The zero-order valence-corrected chi connectivity index (χ0v) is 30.1. The SMILES string of the molecule is COc1ccc([Si](C)(C)C(CC(=O)N2Cc3ccccc3C[C@H]2CO)[C@H]2Oc3ccc(-n4cccc(OC)c4=O)cc3[C@@H](OC)[C@@H]2C)cc1. The molecule has 6 rings (SSSR count). The van der Waals surface area contributed by atoms with E-state index < -0.39 is 8.07 Å². The second kappa shape index (κ2) is 14.2. The van der Waals surface area contributed by atoms with E-state index in [2.05, 4.69) is 44.3 Å². The Morgan fingerprint density at radius 2 is 1.71 bits per heavy atom. The van der Waals surface area contributed by atoms with E-state index in [1.54, 1.807) is 37.1 Å². The van der Waals surface area contributed by atoms with Gasteiger partial charge in [0, 0.05) is 49.0 Å². The average Bonchev–Trinajstić information content (AvgIpc) is 3.13. The van der Waals surface area contributed by atoms with Crippen molar-refractivity contribution in [2.45, 2.75) is 63.2 Å². The van der Waals surface area contributed by atoms with Gasteiger partial charge in [0.25, 0.3) is 5.56 Å². The molecule has 1 unspecified atom stereocenters. The normalized spacial score (nSPS) is 20.8. The lowest BCUT2D eigenvalue weighted by molar-refractivity contribution is -0.136. The predicted octanol–water partition coefficient (Wildman–Crippen LogP) is 5.26. The number of aliphatic hydroxyl groups excluding tert-OH is 1. The van der Waals surface area contributed by atoms with Gasteiger partial charge < -0.3 is 29.0 Å². The van der Waals surface area contributed by atoms with Crippen LogP contribution in [0.2, 0.25) is 18.6 Å². The lowest BCUT2D eigenvalue weighted by Crippen LogP contribution is -2.56. The Hall–Kier alpha value is -4.38. The Kier molecular flexibility index (Phi) is 10.0. The van der Waals surface area contributed by atoms with E-state index in [1.165, 1.54) is 17.9 Å². The summed E-state index contributed by atoms with van der Waals surface area (Å²) >= 11 is 0. The van der Waals surface area contributed by atoms with Crippen LogP contribution in [0.4, 0.5) is 0 Å². The van der Waals surface area contributed by atoms with Crippen LogP contribution in [0.3, 0.4) is 0 Å². The summed E-state index contributed by atoms with van der Waals surface area (Å²) in [4.78, 5) is 29.4. The standard InChI is InChI=1S/C39H46N2O7Si/c1-25-37(47-4)32-21-28(40-19-9-12-34(46-3)39(40)44)13-18-33(32)48-38(25)35(49(5,6)31-16-14-30(45-2)15-17-31)22-36(43)41-23-27-11-8-7-10-26(27)20-29(41)24-42/h7-19,21,25,29,35,37-38,42H,20,22-24H2,1-6H3/t25-,29-,35?,37-,38-/m0/s1. The molecule has 1 N–H and O–H groups in total. The third-order valence-corrected chi connectivity index (χ3v) is 14.9. The number of benzene rings is 3. The molecule has 5 atom stereocenters. The Bertz CT molecular complexity index is 1860. The predicted molar refractivity (Wildman–Crippen MR) is 192 cm³/mol. The van der Waals surface area contributed by atoms with Crippen molar-refractivity contribution < 1.29 is 28.8 Å². The monoisotopic (exact) mass is 682 g/mol. The molecule has 1 aromatic heterocycles. The molecule has 49 heavy (non-hydrogen) atoms. The molecule has 0 fully saturated rings. The molecule has 0 saturated carbocycles. The number of nitrogens with zero attached hydrogens (tertiary/aromatic N) is 2. The van der Waals surface area contributed by atoms with Crippen molar-refractivity contribution in [2.75, 3.05) is 27.9 Å². The van der Waals surface area contributed by atoms with Gasteiger partial charge in [-0.05, 0) is 60.0 Å². The Morgan fingerprint density at radius 3 is 2.39 bits per heavy atom. The number of fused-ring (bicyclic) bond motifs is 2. The van der Waals surface area contributed by atoms with Crippen LogP contribution >= 0.6 is 0 Å². The van der Waals surface area contributed by atoms with Crippen LogP contribution in [0.1, 0.15) is 36.1 Å². The fourth-order valence-corrected chi connectivity index (χ4v) is 11.0. The van der Waals surface area contributed by atoms with Gasteiger partial charge in [-0.2, -0.15) is 0 Å². The number of aromatic nitrogens is 1.